The van der Waals surface area contributed by atoms with Crippen molar-refractivity contribution in [3.05, 3.63) is 35.9 Å². The summed E-state index contributed by atoms with van der Waals surface area (Å²) in [7, 11) is 0. The van der Waals surface area contributed by atoms with Crippen molar-refractivity contribution in [3.63, 3.8) is 0 Å². The zero-order valence-corrected chi connectivity index (χ0v) is 15.7. The molecule has 0 aromatic heterocycles. The zero-order chi connectivity index (χ0) is 18.2. The normalized spacial score (nSPS) is 23.7. The summed E-state index contributed by atoms with van der Waals surface area (Å²) in [5.74, 6) is 0.600. The number of carbonyl (C=O) groups excluding carboxylic acids is 1. The smallest absolute Gasteiger partial charge is 0.315 e. The van der Waals surface area contributed by atoms with Crippen molar-refractivity contribution in [2.24, 2.45) is 11.8 Å². The number of amides is 2. The molecular formula is C20H33N3O2. The van der Waals surface area contributed by atoms with Crippen LogP contribution in [0.5, 0.6) is 0 Å². The summed E-state index contributed by atoms with van der Waals surface area (Å²) < 4.78 is 0. The van der Waals surface area contributed by atoms with Gasteiger partial charge >= 0.3 is 6.03 Å². The summed E-state index contributed by atoms with van der Waals surface area (Å²) >= 11 is 0. The van der Waals surface area contributed by atoms with E-state index in [1.165, 1.54) is 5.56 Å². The largest absolute Gasteiger partial charge is 0.391 e. The molecule has 5 nitrogen and oxygen atoms in total. The molecule has 1 aromatic carbocycles. The minimum absolute atomic E-state index is 0.171. The van der Waals surface area contributed by atoms with Gasteiger partial charge in [0.15, 0.2) is 0 Å². The fraction of sp³-hybridized carbons (Fsp3) is 0.650. The lowest BCUT2D eigenvalue weighted by molar-refractivity contribution is 0.112. The topological polar surface area (TPSA) is 64.6 Å². The van der Waals surface area contributed by atoms with Crippen LogP contribution in [0.25, 0.3) is 0 Å². The van der Waals surface area contributed by atoms with Gasteiger partial charge in [-0.1, -0.05) is 57.5 Å². The first-order chi connectivity index (χ1) is 12.0. The van der Waals surface area contributed by atoms with Crippen molar-refractivity contribution in [1.29, 1.82) is 0 Å². The summed E-state index contributed by atoms with van der Waals surface area (Å²) in [5, 5.41) is 15.8. The van der Waals surface area contributed by atoms with Gasteiger partial charge in [0.2, 0.25) is 0 Å². The van der Waals surface area contributed by atoms with Crippen molar-refractivity contribution in [2.45, 2.75) is 52.3 Å². The molecule has 0 radical (unpaired) electrons. The molecule has 3 N–H and O–H groups in total. The summed E-state index contributed by atoms with van der Waals surface area (Å²) in [4.78, 5) is 14.5. The first-order valence-corrected chi connectivity index (χ1v) is 9.48. The molecule has 0 spiro atoms. The molecule has 2 rings (SSSR count). The third-order valence-corrected chi connectivity index (χ3v) is 5.33. The molecule has 0 saturated carbocycles. The number of aliphatic hydroxyl groups is 1. The SMILES string of the molecule is CCC(C)C(O)CNC(=O)NC1CCN(Cc2ccccc2)CC1C. The standard InChI is InChI=1S/C20H33N3O2/c1-4-15(2)19(24)12-21-20(25)22-18-10-11-23(13-16(18)3)14-17-8-6-5-7-9-17/h5-9,15-16,18-19,24H,4,10-14H2,1-3H3,(H2,21,22,25). The highest BCUT2D eigenvalue weighted by Gasteiger charge is 2.27. The Kier molecular flexibility index (Phi) is 7.72. The van der Waals surface area contributed by atoms with Gasteiger partial charge in [0.05, 0.1) is 6.10 Å². The van der Waals surface area contributed by atoms with Gasteiger partial charge in [0, 0.05) is 32.2 Å². The number of likely N-dealkylation sites (tertiary alicyclic amines) is 1. The Bertz CT molecular complexity index is 523. The Morgan fingerprint density at radius 1 is 1.36 bits per heavy atom. The average molecular weight is 348 g/mol. The second kappa shape index (κ2) is 9.78. The molecule has 1 aromatic rings. The molecule has 1 saturated heterocycles. The van der Waals surface area contributed by atoms with E-state index in [-0.39, 0.29) is 18.0 Å². The van der Waals surface area contributed by atoms with E-state index in [1.807, 2.05) is 19.9 Å². The van der Waals surface area contributed by atoms with Gasteiger partial charge in [0.1, 0.15) is 0 Å². The lowest BCUT2D eigenvalue weighted by Crippen LogP contribution is -2.53. The third-order valence-electron chi connectivity index (χ3n) is 5.33. The monoisotopic (exact) mass is 347 g/mol. The van der Waals surface area contributed by atoms with Gasteiger partial charge in [-0.05, 0) is 23.8 Å². The van der Waals surface area contributed by atoms with Crippen LogP contribution >= 0.6 is 0 Å². The highest BCUT2D eigenvalue weighted by atomic mass is 16.3. The van der Waals surface area contributed by atoms with Crippen molar-refractivity contribution in [1.82, 2.24) is 15.5 Å². The number of urea groups is 1. The highest BCUT2D eigenvalue weighted by molar-refractivity contribution is 5.74. The molecule has 4 unspecified atom stereocenters. The molecular weight excluding hydrogens is 314 g/mol. The van der Waals surface area contributed by atoms with E-state index in [0.717, 1.165) is 32.5 Å². The molecule has 25 heavy (non-hydrogen) atoms. The van der Waals surface area contributed by atoms with Gasteiger partial charge in [-0.15, -0.1) is 0 Å². The summed E-state index contributed by atoms with van der Waals surface area (Å²) in [6.07, 6.45) is 1.37. The van der Waals surface area contributed by atoms with E-state index in [1.54, 1.807) is 0 Å². The molecule has 1 aliphatic heterocycles. The average Bonchev–Trinajstić information content (AvgIpc) is 2.62. The molecule has 1 fully saturated rings. The van der Waals surface area contributed by atoms with Crippen molar-refractivity contribution in [2.75, 3.05) is 19.6 Å². The summed E-state index contributed by atoms with van der Waals surface area (Å²) in [5.41, 5.74) is 1.33. The molecule has 1 heterocycles. The second-order valence-electron chi connectivity index (χ2n) is 7.40. The number of nitrogens with zero attached hydrogens (tertiary/aromatic N) is 1. The summed E-state index contributed by atoms with van der Waals surface area (Å²) in [6.45, 7) is 9.46. The molecule has 4 atom stereocenters. The van der Waals surface area contributed by atoms with E-state index >= 15 is 0 Å². The minimum atomic E-state index is -0.485. The van der Waals surface area contributed by atoms with Crippen molar-refractivity contribution in [3.8, 4) is 0 Å². The number of carbonyl (C=O) groups is 1. The molecule has 0 aliphatic carbocycles. The summed E-state index contributed by atoms with van der Waals surface area (Å²) in [6, 6.07) is 10.5. The van der Waals surface area contributed by atoms with E-state index in [9.17, 15) is 9.90 Å². The van der Waals surface area contributed by atoms with E-state index in [2.05, 4.69) is 46.7 Å². The van der Waals surface area contributed by atoms with Gasteiger partial charge in [-0.25, -0.2) is 4.79 Å². The number of piperidine rings is 1. The number of hydrogen-bond acceptors (Lipinski definition) is 3. The Balaban J connectivity index is 1.72. The fourth-order valence-corrected chi connectivity index (χ4v) is 3.32. The zero-order valence-electron chi connectivity index (χ0n) is 15.7. The molecule has 5 heteroatoms. The van der Waals surface area contributed by atoms with Crippen LogP contribution in [0.15, 0.2) is 30.3 Å². The van der Waals surface area contributed by atoms with Crippen LogP contribution < -0.4 is 10.6 Å². The molecule has 140 valence electrons. The number of hydrogen-bond donors (Lipinski definition) is 3. The van der Waals surface area contributed by atoms with Gasteiger partial charge in [0.25, 0.3) is 0 Å². The lowest BCUT2D eigenvalue weighted by Gasteiger charge is -2.37. The van der Waals surface area contributed by atoms with Crippen LogP contribution in [0.3, 0.4) is 0 Å². The number of benzene rings is 1. The molecule has 2 amide bonds. The molecule has 1 aliphatic rings. The van der Waals surface area contributed by atoms with Gasteiger partial charge in [-0.3, -0.25) is 4.90 Å². The van der Waals surface area contributed by atoms with E-state index in [4.69, 9.17) is 0 Å². The Labute approximate surface area is 151 Å². The minimum Gasteiger partial charge on any atom is -0.391 e. The van der Waals surface area contributed by atoms with Crippen LogP contribution in [0.4, 0.5) is 4.79 Å². The number of aliphatic hydroxyl groups excluding tert-OH is 1. The van der Waals surface area contributed by atoms with Crippen LogP contribution in [0.2, 0.25) is 0 Å². The van der Waals surface area contributed by atoms with Gasteiger partial charge in [-0.2, -0.15) is 0 Å². The fourth-order valence-electron chi connectivity index (χ4n) is 3.32. The number of nitrogens with one attached hydrogen (secondary N) is 2. The van der Waals surface area contributed by atoms with Crippen LogP contribution in [-0.2, 0) is 6.54 Å². The maximum atomic E-state index is 12.1. The van der Waals surface area contributed by atoms with Gasteiger partial charge < -0.3 is 15.7 Å². The predicted octanol–water partition coefficient (Wildman–Crippen LogP) is 2.60. The highest BCUT2D eigenvalue weighted by Crippen LogP contribution is 2.19. The predicted molar refractivity (Wildman–Crippen MR) is 101 cm³/mol. The maximum Gasteiger partial charge on any atom is 0.315 e. The van der Waals surface area contributed by atoms with E-state index in [0.29, 0.717) is 12.5 Å². The second-order valence-corrected chi connectivity index (χ2v) is 7.40. The quantitative estimate of drug-likeness (QED) is 0.710. The van der Waals surface area contributed by atoms with Crippen LogP contribution in [0.1, 0.15) is 39.2 Å². The van der Waals surface area contributed by atoms with E-state index < -0.39 is 6.10 Å². The number of rotatable bonds is 7. The van der Waals surface area contributed by atoms with Crippen LogP contribution in [0, 0.1) is 11.8 Å². The maximum absolute atomic E-state index is 12.1. The third kappa shape index (κ3) is 6.33. The van der Waals surface area contributed by atoms with Crippen LogP contribution in [-0.4, -0.2) is 47.8 Å². The van der Waals surface area contributed by atoms with Crippen molar-refractivity contribution < 1.29 is 9.90 Å². The first kappa shape index (κ1) is 19.7. The molecule has 0 bridgehead atoms. The lowest BCUT2D eigenvalue weighted by atomic mass is 9.93. The Morgan fingerprint density at radius 3 is 2.72 bits per heavy atom. The van der Waals surface area contributed by atoms with Crippen molar-refractivity contribution >= 4 is 6.03 Å². The Morgan fingerprint density at radius 2 is 2.08 bits per heavy atom. The first-order valence-electron chi connectivity index (χ1n) is 9.48. The Hall–Kier alpha value is -1.59.